The van der Waals surface area contributed by atoms with E-state index < -0.39 is 11.7 Å². The van der Waals surface area contributed by atoms with Crippen LogP contribution in [0.25, 0.3) is 33.8 Å². The molecule has 0 unspecified atom stereocenters. The van der Waals surface area contributed by atoms with Gasteiger partial charge in [0.2, 0.25) is 11.9 Å². The summed E-state index contributed by atoms with van der Waals surface area (Å²) in [4.78, 5) is 21.1. The Kier molecular flexibility index (Phi) is 10.8. The zero-order chi connectivity index (χ0) is 39.9. The molecule has 0 saturated heterocycles. The van der Waals surface area contributed by atoms with Gasteiger partial charge in [0, 0.05) is 33.9 Å². The van der Waals surface area contributed by atoms with Crippen molar-refractivity contribution in [3.8, 4) is 34.0 Å². The van der Waals surface area contributed by atoms with E-state index in [1.165, 1.54) is 0 Å². The van der Waals surface area contributed by atoms with Crippen LogP contribution in [0.4, 0.5) is 39.4 Å². The molecule has 0 aliphatic rings. The van der Waals surface area contributed by atoms with E-state index in [9.17, 15) is 4.79 Å². The second kappa shape index (κ2) is 16.4. The molecule has 0 bridgehead atoms. The van der Waals surface area contributed by atoms with Crippen LogP contribution >= 0.6 is 0 Å². The molecule has 0 atom stereocenters. The highest BCUT2D eigenvalue weighted by Gasteiger charge is 2.17. The van der Waals surface area contributed by atoms with Gasteiger partial charge < -0.3 is 30.6 Å². The number of ether oxygens (including phenoxy) is 3. The Morgan fingerprint density at radius 2 is 1.05 bits per heavy atom. The Hall–Kier alpha value is -7.61. The van der Waals surface area contributed by atoms with Crippen LogP contribution in [0.5, 0.6) is 11.5 Å². The second-order valence-corrected chi connectivity index (χ2v) is 13.8. The van der Waals surface area contributed by atoms with Crippen LogP contribution in [-0.4, -0.2) is 55.1 Å². The number of amides is 1. The SMILES string of the molecule is COc1ccc(-c2cccc3nc(Nc4cccc(N)c4)nn23)cc1.COc1ccc(-c2cccc3nc(Nc4cccc(NC(=O)OC(C)(C)C)c4)nn23)cc1. The van der Waals surface area contributed by atoms with Gasteiger partial charge in [0.15, 0.2) is 11.3 Å². The summed E-state index contributed by atoms with van der Waals surface area (Å²) in [6.45, 7) is 5.46. The van der Waals surface area contributed by atoms with Crippen LogP contribution in [0.1, 0.15) is 20.8 Å². The van der Waals surface area contributed by atoms with Gasteiger partial charge >= 0.3 is 6.09 Å². The summed E-state index contributed by atoms with van der Waals surface area (Å²) in [7, 11) is 3.30. The Balaban J connectivity index is 0.000000179. The number of fused-ring (bicyclic) bond motifs is 2. The number of nitrogens with zero attached hydrogens (tertiary/aromatic N) is 6. The third-order valence-corrected chi connectivity index (χ3v) is 8.40. The minimum Gasteiger partial charge on any atom is -0.497 e. The molecule has 14 heteroatoms. The lowest BCUT2D eigenvalue weighted by molar-refractivity contribution is 0.0636. The number of nitrogen functional groups attached to an aromatic ring is 1. The van der Waals surface area contributed by atoms with E-state index in [2.05, 4.69) is 36.1 Å². The number of rotatable bonds is 9. The average molecular weight is 763 g/mol. The number of hydrogen-bond acceptors (Lipinski definition) is 11. The smallest absolute Gasteiger partial charge is 0.412 e. The van der Waals surface area contributed by atoms with Crippen molar-refractivity contribution in [3.05, 3.63) is 133 Å². The molecule has 0 saturated carbocycles. The van der Waals surface area contributed by atoms with E-state index in [4.69, 9.17) is 19.9 Å². The Bertz CT molecular complexity index is 2630. The standard InChI is InChI=1S/C24H25N5O3.C19H17N5O/c1-24(2,3)32-23(30)26-18-8-5-7-17(15-18)25-22-27-21-10-6-9-20(29(21)28-22)16-11-13-19(31-4)14-12-16;1-25-16-10-8-13(9-11-16)17-6-3-7-18-22-19(23-24(17)18)21-15-5-2-4-14(20)12-15/h5-15H,1-4H3,(H,25,28)(H,26,30);2-12H,20H2,1H3,(H,21,23). The maximum absolute atomic E-state index is 12.0. The first-order chi connectivity index (χ1) is 27.5. The monoisotopic (exact) mass is 762 g/mol. The molecule has 4 aromatic heterocycles. The number of carbonyl (C=O) groups is 1. The van der Waals surface area contributed by atoms with Gasteiger partial charge in [0.05, 0.1) is 25.6 Å². The largest absolute Gasteiger partial charge is 0.497 e. The quantitative estimate of drug-likeness (QED) is 0.104. The predicted molar refractivity (Wildman–Crippen MR) is 224 cm³/mol. The third-order valence-electron chi connectivity index (χ3n) is 8.40. The van der Waals surface area contributed by atoms with E-state index in [1.807, 2.05) is 147 Å². The number of carbonyl (C=O) groups excluding carboxylic acids is 1. The predicted octanol–water partition coefficient (Wildman–Crippen LogP) is 9.23. The van der Waals surface area contributed by atoms with E-state index in [0.29, 0.717) is 28.9 Å². The van der Waals surface area contributed by atoms with E-state index in [1.54, 1.807) is 30.9 Å². The molecule has 0 radical (unpaired) electrons. The van der Waals surface area contributed by atoms with Crippen molar-refractivity contribution in [2.75, 3.05) is 35.9 Å². The second-order valence-electron chi connectivity index (χ2n) is 13.8. The number of methoxy groups -OCH3 is 2. The summed E-state index contributed by atoms with van der Waals surface area (Å²) in [6, 6.07) is 42.1. The fraction of sp³-hybridized carbons (Fsp3) is 0.140. The van der Waals surface area contributed by atoms with E-state index >= 15 is 0 Å². The van der Waals surface area contributed by atoms with Crippen LogP contribution in [0.2, 0.25) is 0 Å². The first-order valence-electron chi connectivity index (χ1n) is 18.0. The Labute approximate surface area is 329 Å². The fourth-order valence-electron chi connectivity index (χ4n) is 5.85. The average Bonchev–Trinajstić information content (AvgIpc) is 3.81. The highest BCUT2D eigenvalue weighted by molar-refractivity contribution is 5.86. The van der Waals surface area contributed by atoms with Crippen molar-refractivity contribution < 1.29 is 19.0 Å². The van der Waals surface area contributed by atoms with E-state index in [-0.39, 0.29) is 0 Å². The van der Waals surface area contributed by atoms with Crippen LogP contribution in [0, 0.1) is 0 Å². The number of benzene rings is 4. The Morgan fingerprint density at radius 1 is 0.596 bits per heavy atom. The molecule has 0 aliphatic heterocycles. The molecular weight excluding hydrogens is 721 g/mol. The molecule has 1 amide bonds. The number of hydrogen-bond donors (Lipinski definition) is 4. The van der Waals surface area contributed by atoms with Crippen molar-refractivity contribution in [1.82, 2.24) is 29.2 Å². The molecule has 0 spiro atoms. The molecule has 288 valence electrons. The van der Waals surface area contributed by atoms with Crippen LogP contribution in [-0.2, 0) is 4.74 Å². The maximum Gasteiger partial charge on any atom is 0.412 e. The summed E-state index contributed by atoms with van der Waals surface area (Å²) < 4.78 is 19.4. The fourth-order valence-corrected chi connectivity index (χ4v) is 5.85. The van der Waals surface area contributed by atoms with Crippen LogP contribution in [0.3, 0.4) is 0 Å². The summed E-state index contributed by atoms with van der Waals surface area (Å²) in [5.74, 6) is 2.58. The minimum absolute atomic E-state index is 0.445. The summed E-state index contributed by atoms with van der Waals surface area (Å²) in [6.07, 6.45) is -0.510. The first-order valence-corrected chi connectivity index (χ1v) is 18.0. The highest BCUT2D eigenvalue weighted by Crippen LogP contribution is 2.27. The summed E-state index contributed by atoms with van der Waals surface area (Å²) >= 11 is 0. The minimum atomic E-state index is -0.567. The van der Waals surface area contributed by atoms with Gasteiger partial charge in [-0.15, -0.1) is 10.2 Å². The van der Waals surface area contributed by atoms with Gasteiger partial charge in [-0.05, 0) is 130 Å². The van der Waals surface area contributed by atoms with Gasteiger partial charge in [0.25, 0.3) is 0 Å². The van der Waals surface area contributed by atoms with Crippen molar-refractivity contribution in [2.45, 2.75) is 26.4 Å². The van der Waals surface area contributed by atoms with Crippen LogP contribution in [0.15, 0.2) is 133 Å². The van der Waals surface area contributed by atoms with Gasteiger partial charge in [-0.2, -0.15) is 9.97 Å². The lowest BCUT2D eigenvalue weighted by Crippen LogP contribution is -2.27. The topological polar surface area (TPSA) is 167 Å². The molecule has 57 heavy (non-hydrogen) atoms. The zero-order valence-electron chi connectivity index (χ0n) is 32.1. The molecule has 4 heterocycles. The lowest BCUT2D eigenvalue weighted by Gasteiger charge is -2.19. The molecule has 14 nitrogen and oxygen atoms in total. The van der Waals surface area contributed by atoms with Crippen molar-refractivity contribution in [1.29, 1.82) is 0 Å². The highest BCUT2D eigenvalue weighted by atomic mass is 16.6. The summed E-state index contributed by atoms with van der Waals surface area (Å²) in [5, 5.41) is 18.3. The van der Waals surface area contributed by atoms with Gasteiger partial charge in [0.1, 0.15) is 17.1 Å². The van der Waals surface area contributed by atoms with Crippen molar-refractivity contribution in [2.24, 2.45) is 0 Å². The van der Waals surface area contributed by atoms with Crippen molar-refractivity contribution >= 4 is 52.0 Å². The van der Waals surface area contributed by atoms with Crippen LogP contribution < -0.4 is 31.2 Å². The van der Waals surface area contributed by atoms with Gasteiger partial charge in [-0.25, -0.2) is 13.8 Å². The number of anilines is 6. The molecule has 0 fully saturated rings. The number of nitrogens with one attached hydrogen (secondary N) is 3. The Morgan fingerprint density at radius 3 is 1.53 bits per heavy atom. The lowest BCUT2D eigenvalue weighted by atomic mass is 10.1. The maximum atomic E-state index is 12.0. The number of aromatic nitrogens is 6. The van der Waals surface area contributed by atoms with E-state index in [0.717, 1.165) is 51.0 Å². The summed E-state index contributed by atoms with van der Waals surface area (Å²) in [5.41, 5.74) is 13.5. The molecule has 8 rings (SSSR count). The molecule has 5 N–H and O–H groups in total. The molecule has 8 aromatic rings. The zero-order valence-corrected chi connectivity index (χ0v) is 32.1. The molecule has 4 aromatic carbocycles. The van der Waals surface area contributed by atoms with Gasteiger partial charge in [-0.3, -0.25) is 5.32 Å². The number of pyridine rings is 2. The first kappa shape index (κ1) is 37.7. The molecular formula is C43H42N10O4. The normalized spacial score (nSPS) is 11.0. The van der Waals surface area contributed by atoms with Crippen molar-refractivity contribution in [3.63, 3.8) is 0 Å². The number of nitrogens with two attached hydrogens (primary N) is 1. The van der Waals surface area contributed by atoms with Gasteiger partial charge in [-0.1, -0.05) is 24.3 Å². The third kappa shape index (κ3) is 9.38. The molecule has 0 aliphatic carbocycles.